The number of para-hydroxylation sites is 1. The average Bonchev–Trinajstić information content (AvgIpc) is 3.19. The molecule has 0 bridgehead atoms. The number of hydrogen-bond donors (Lipinski definition) is 1. The number of hydrogen-bond acceptors (Lipinski definition) is 5. The van der Waals surface area contributed by atoms with E-state index in [2.05, 4.69) is 10.2 Å². The molecule has 1 heterocycles. The molecule has 0 radical (unpaired) electrons. The van der Waals surface area contributed by atoms with Crippen LogP contribution in [-0.2, 0) is 7.05 Å². The number of ketones is 1. The van der Waals surface area contributed by atoms with Crippen molar-refractivity contribution in [2.24, 2.45) is 17.3 Å². The Morgan fingerprint density at radius 2 is 1.56 bits per heavy atom. The summed E-state index contributed by atoms with van der Waals surface area (Å²) >= 11 is 1.52. The molecule has 0 saturated heterocycles. The summed E-state index contributed by atoms with van der Waals surface area (Å²) in [5, 5.41) is 21.6. The van der Waals surface area contributed by atoms with Gasteiger partial charge in [0.15, 0.2) is 0 Å². The third-order valence-electron chi connectivity index (χ3n) is 6.11. The van der Waals surface area contributed by atoms with Crippen LogP contribution in [0, 0.1) is 0 Å². The van der Waals surface area contributed by atoms with Crippen LogP contribution in [-0.4, -0.2) is 21.2 Å². The third kappa shape index (κ3) is 3.19. The molecule has 6 heteroatoms. The van der Waals surface area contributed by atoms with Crippen molar-refractivity contribution in [2.45, 2.75) is 0 Å². The van der Waals surface area contributed by atoms with E-state index in [0.29, 0.717) is 15.9 Å². The van der Waals surface area contributed by atoms with Gasteiger partial charge in [-0.2, -0.15) is 0 Å². The van der Waals surface area contributed by atoms with E-state index in [1.165, 1.54) is 11.3 Å². The Balaban J connectivity index is 1.60. The van der Waals surface area contributed by atoms with Gasteiger partial charge >= 0.3 is 0 Å². The van der Waals surface area contributed by atoms with Crippen LogP contribution in [0.1, 0.15) is 21.5 Å². The summed E-state index contributed by atoms with van der Waals surface area (Å²) in [6.07, 6.45) is 1.74. The number of aromatic nitrogens is 1. The first-order valence-electron chi connectivity index (χ1n) is 10.8. The van der Waals surface area contributed by atoms with Crippen LogP contribution in [0.15, 0.2) is 101 Å². The van der Waals surface area contributed by atoms with Crippen molar-refractivity contribution in [1.29, 1.82) is 0 Å². The fraction of sp³-hybridized carbons (Fsp3) is 0.0357. The molecule has 5 aromatic rings. The number of aryl methyl sites for hydroxylation is 1. The topological polar surface area (TPSA) is 66.9 Å². The number of fused-ring (bicyclic) bond motifs is 3. The van der Waals surface area contributed by atoms with Crippen LogP contribution in [0.5, 0.6) is 5.75 Å². The zero-order valence-corrected chi connectivity index (χ0v) is 19.1. The standard InChI is InChI=1S/C28H19N3O2S/c1-31-23-12-6-7-13-25(23)34-28(31)30-29-22-16-21(19-10-4-5-11-20(19)27(22)33)26-18-9-3-2-8-17(18)14-15-24(26)32/h2-16,32H,1H3. The Morgan fingerprint density at radius 3 is 2.41 bits per heavy atom. The maximum Gasteiger partial charge on any atom is 0.213 e. The second-order valence-corrected chi connectivity index (χ2v) is 9.12. The number of phenols is 1. The highest BCUT2D eigenvalue weighted by Crippen LogP contribution is 2.39. The van der Waals surface area contributed by atoms with Crippen LogP contribution in [0.3, 0.4) is 0 Å². The van der Waals surface area contributed by atoms with Gasteiger partial charge in [-0.15, -0.1) is 10.2 Å². The number of nitrogens with zero attached hydrogens (tertiary/aromatic N) is 3. The number of rotatable bonds is 2. The van der Waals surface area contributed by atoms with Crippen molar-refractivity contribution >= 4 is 49.4 Å². The van der Waals surface area contributed by atoms with Gasteiger partial charge in [0.1, 0.15) is 11.5 Å². The Morgan fingerprint density at radius 1 is 0.824 bits per heavy atom. The van der Waals surface area contributed by atoms with Gasteiger partial charge in [-0.1, -0.05) is 78.1 Å². The summed E-state index contributed by atoms with van der Waals surface area (Å²) < 4.78 is 3.06. The number of phenolic OH excluding ortho intramolecular Hbond substituents is 1. The molecule has 0 fully saturated rings. The number of aromatic hydroxyl groups is 1. The van der Waals surface area contributed by atoms with E-state index in [1.807, 2.05) is 84.4 Å². The van der Waals surface area contributed by atoms with Gasteiger partial charge < -0.3 is 9.67 Å². The van der Waals surface area contributed by atoms with E-state index in [9.17, 15) is 9.90 Å². The maximum absolute atomic E-state index is 13.3. The van der Waals surface area contributed by atoms with Crippen LogP contribution >= 0.6 is 11.3 Å². The van der Waals surface area contributed by atoms with Crippen molar-refractivity contribution in [3.8, 4) is 5.75 Å². The van der Waals surface area contributed by atoms with Gasteiger partial charge in [0.05, 0.1) is 10.2 Å². The lowest BCUT2D eigenvalue weighted by atomic mass is 9.83. The highest BCUT2D eigenvalue weighted by atomic mass is 32.1. The molecule has 0 unspecified atom stereocenters. The smallest absolute Gasteiger partial charge is 0.213 e. The lowest BCUT2D eigenvalue weighted by molar-refractivity contribution is 0.106. The Labute approximate surface area is 199 Å². The summed E-state index contributed by atoms with van der Waals surface area (Å²) in [6.45, 7) is 0. The molecule has 5 nitrogen and oxygen atoms in total. The fourth-order valence-corrected chi connectivity index (χ4v) is 5.40. The quantitative estimate of drug-likeness (QED) is 0.344. The predicted molar refractivity (Wildman–Crippen MR) is 137 cm³/mol. The highest BCUT2D eigenvalue weighted by Gasteiger charge is 2.27. The van der Waals surface area contributed by atoms with Gasteiger partial charge in [-0.3, -0.25) is 4.79 Å². The zero-order chi connectivity index (χ0) is 23.2. The lowest BCUT2D eigenvalue weighted by Gasteiger charge is -2.20. The molecule has 0 amide bonds. The normalized spacial score (nSPS) is 15.2. The number of allylic oxidation sites excluding steroid dienone is 1. The first-order chi connectivity index (χ1) is 16.6. The van der Waals surface area contributed by atoms with E-state index in [4.69, 9.17) is 0 Å². The first kappa shape index (κ1) is 20.3. The van der Waals surface area contributed by atoms with Crippen LogP contribution < -0.4 is 4.80 Å². The molecule has 0 atom stereocenters. The van der Waals surface area contributed by atoms with Gasteiger partial charge in [0, 0.05) is 18.2 Å². The van der Waals surface area contributed by atoms with Crippen molar-refractivity contribution < 1.29 is 9.90 Å². The molecule has 6 rings (SSSR count). The Kier molecular flexibility index (Phi) is 4.74. The largest absolute Gasteiger partial charge is 0.507 e. The second kappa shape index (κ2) is 7.93. The fourth-order valence-electron chi connectivity index (χ4n) is 4.43. The first-order valence-corrected chi connectivity index (χ1v) is 11.7. The second-order valence-electron chi connectivity index (χ2n) is 8.11. The summed E-state index contributed by atoms with van der Waals surface area (Å²) in [4.78, 5) is 14.0. The average molecular weight is 462 g/mol. The molecule has 1 aliphatic carbocycles. The molecule has 0 aliphatic heterocycles. The number of Topliss-reactive ketones (excluding diaryl/α,β-unsaturated/α-hetero) is 1. The molecule has 0 saturated carbocycles. The Hall–Kier alpha value is -4.29. The number of carbonyl (C=O) groups is 1. The van der Waals surface area contributed by atoms with Gasteiger partial charge in [0.2, 0.25) is 10.6 Å². The van der Waals surface area contributed by atoms with E-state index in [1.54, 1.807) is 18.2 Å². The molecule has 1 aromatic heterocycles. The van der Waals surface area contributed by atoms with Crippen molar-refractivity contribution in [3.63, 3.8) is 0 Å². The van der Waals surface area contributed by atoms with Gasteiger partial charge in [0.25, 0.3) is 0 Å². The lowest BCUT2D eigenvalue weighted by Crippen LogP contribution is -2.20. The molecular weight excluding hydrogens is 442 g/mol. The maximum atomic E-state index is 13.3. The van der Waals surface area contributed by atoms with E-state index in [0.717, 1.165) is 32.1 Å². The SMILES string of the molecule is Cn1c(=NN=C2C=C(c3c(O)ccc4ccccc34)c3ccccc3C2=O)sc2ccccc21. The summed E-state index contributed by atoms with van der Waals surface area (Å²) in [5.74, 6) is -0.0344. The van der Waals surface area contributed by atoms with Crippen molar-refractivity contribution in [1.82, 2.24) is 4.57 Å². The number of benzene rings is 4. The predicted octanol–water partition coefficient (Wildman–Crippen LogP) is 5.68. The van der Waals surface area contributed by atoms with Crippen LogP contribution in [0.25, 0.3) is 26.6 Å². The summed E-state index contributed by atoms with van der Waals surface area (Å²) in [6, 6.07) is 26.9. The summed E-state index contributed by atoms with van der Waals surface area (Å²) in [5.41, 5.74) is 4.03. The molecular formula is C28H19N3O2S. The molecule has 34 heavy (non-hydrogen) atoms. The Bertz CT molecular complexity index is 1750. The van der Waals surface area contributed by atoms with Crippen molar-refractivity contribution in [2.75, 3.05) is 0 Å². The molecule has 1 aliphatic rings. The number of thiazole rings is 1. The third-order valence-corrected chi connectivity index (χ3v) is 7.21. The van der Waals surface area contributed by atoms with E-state index < -0.39 is 0 Å². The molecule has 0 spiro atoms. The van der Waals surface area contributed by atoms with E-state index >= 15 is 0 Å². The van der Waals surface area contributed by atoms with Crippen LogP contribution in [0.4, 0.5) is 0 Å². The van der Waals surface area contributed by atoms with Gasteiger partial charge in [-0.05, 0) is 46.2 Å². The molecule has 4 aromatic carbocycles. The monoisotopic (exact) mass is 461 g/mol. The molecule has 164 valence electrons. The zero-order valence-electron chi connectivity index (χ0n) is 18.3. The van der Waals surface area contributed by atoms with Crippen molar-refractivity contribution in [3.05, 3.63) is 112 Å². The highest BCUT2D eigenvalue weighted by molar-refractivity contribution is 7.16. The summed E-state index contributed by atoms with van der Waals surface area (Å²) in [7, 11) is 1.94. The van der Waals surface area contributed by atoms with E-state index in [-0.39, 0.29) is 17.2 Å². The number of carbonyl (C=O) groups excluding carboxylic acids is 1. The molecule has 1 N–H and O–H groups in total. The minimum Gasteiger partial charge on any atom is -0.507 e. The van der Waals surface area contributed by atoms with Crippen LogP contribution in [0.2, 0.25) is 0 Å². The minimum absolute atomic E-state index is 0.154. The minimum atomic E-state index is -0.188. The van der Waals surface area contributed by atoms with Gasteiger partial charge in [-0.25, -0.2) is 0 Å².